The Morgan fingerprint density at radius 1 is 1.27 bits per heavy atom. The van der Waals surface area contributed by atoms with Crippen LogP contribution in [0.15, 0.2) is 11.6 Å². The summed E-state index contributed by atoms with van der Waals surface area (Å²) in [5.41, 5.74) is 3.49. The van der Waals surface area contributed by atoms with Crippen LogP contribution in [0.3, 0.4) is 0 Å². The van der Waals surface area contributed by atoms with Crippen molar-refractivity contribution in [2.45, 2.75) is 13.8 Å². The molecule has 0 radical (unpaired) electrons. The minimum absolute atomic E-state index is 1.05. The fourth-order valence-corrected chi connectivity index (χ4v) is 2.03. The Bertz CT molecular complexity index is 392. The molecule has 0 N–H and O–H groups in total. The molecular formula is C8H8N2S. The summed E-state index contributed by atoms with van der Waals surface area (Å²) in [6.07, 6.45) is 1.80. The SMILES string of the molecule is Cc1csc2c(C)cnnc12. The van der Waals surface area contributed by atoms with E-state index >= 15 is 0 Å². The van der Waals surface area contributed by atoms with Gasteiger partial charge in [0.1, 0.15) is 5.52 Å². The van der Waals surface area contributed by atoms with Crippen LogP contribution in [0.25, 0.3) is 10.2 Å². The summed E-state index contributed by atoms with van der Waals surface area (Å²) in [6, 6.07) is 0. The number of hydrogen-bond acceptors (Lipinski definition) is 3. The predicted molar refractivity (Wildman–Crippen MR) is 46.9 cm³/mol. The van der Waals surface area contributed by atoms with E-state index in [2.05, 4.69) is 29.4 Å². The van der Waals surface area contributed by atoms with Gasteiger partial charge in [-0.25, -0.2) is 0 Å². The molecule has 2 nitrogen and oxygen atoms in total. The van der Waals surface area contributed by atoms with Gasteiger partial charge in [0.15, 0.2) is 0 Å². The molecule has 11 heavy (non-hydrogen) atoms. The van der Waals surface area contributed by atoms with Gasteiger partial charge in [0.25, 0.3) is 0 Å². The van der Waals surface area contributed by atoms with Crippen LogP contribution in [0, 0.1) is 13.8 Å². The first-order valence-corrected chi connectivity index (χ1v) is 4.33. The second-order valence-electron chi connectivity index (χ2n) is 2.62. The molecule has 0 saturated heterocycles. The van der Waals surface area contributed by atoms with Gasteiger partial charge in [0.2, 0.25) is 0 Å². The second kappa shape index (κ2) is 2.27. The molecule has 2 aromatic heterocycles. The number of hydrogen-bond donors (Lipinski definition) is 0. The van der Waals surface area contributed by atoms with Crippen molar-refractivity contribution < 1.29 is 0 Å². The average molecular weight is 164 g/mol. The molecule has 0 atom stereocenters. The van der Waals surface area contributed by atoms with Crippen LogP contribution >= 0.6 is 11.3 Å². The zero-order valence-corrected chi connectivity index (χ0v) is 7.27. The van der Waals surface area contributed by atoms with Crippen molar-refractivity contribution in [3.05, 3.63) is 22.7 Å². The van der Waals surface area contributed by atoms with Crippen molar-refractivity contribution >= 4 is 21.6 Å². The highest BCUT2D eigenvalue weighted by molar-refractivity contribution is 7.17. The van der Waals surface area contributed by atoms with Crippen molar-refractivity contribution in [2.24, 2.45) is 0 Å². The fourth-order valence-electron chi connectivity index (χ4n) is 1.07. The van der Waals surface area contributed by atoms with E-state index in [-0.39, 0.29) is 0 Å². The molecule has 0 aliphatic heterocycles. The Hall–Kier alpha value is -0.960. The molecule has 0 fully saturated rings. The van der Waals surface area contributed by atoms with E-state index in [1.54, 1.807) is 17.5 Å². The molecule has 2 rings (SSSR count). The zero-order valence-electron chi connectivity index (χ0n) is 6.46. The molecule has 56 valence electrons. The molecule has 0 spiro atoms. The standard InChI is InChI=1S/C8H8N2S/c1-5-3-9-10-7-6(2)4-11-8(5)7/h3-4H,1-2H3. The third-order valence-electron chi connectivity index (χ3n) is 1.71. The van der Waals surface area contributed by atoms with Gasteiger partial charge in [-0.05, 0) is 30.4 Å². The molecule has 3 heteroatoms. The van der Waals surface area contributed by atoms with Crippen LogP contribution in [0.1, 0.15) is 11.1 Å². The first-order chi connectivity index (χ1) is 5.29. The molecule has 0 bridgehead atoms. The van der Waals surface area contributed by atoms with Gasteiger partial charge in [-0.3, -0.25) is 0 Å². The molecule has 2 heterocycles. The maximum atomic E-state index is 4.06. The Kier molecular flexibility index (Phi) is 1.39. The quantitative estimate of drug-likeness (QED) is 0.597. The Labute approximate surface area is 68.9 Å². The summed E-state index contributed by atoms with van der Waals surface area (Å²) in [5, 5.41) is 10.1. The Morgan fingerprint density at radius 3 is 2.82 bits per heavy atom. The van der Waals surface area contributed by atoms with Crippen molar-refractivity contribution in [3.8, 4) is 0 Å². The first kappa shape index (κ1) is 6.73. The highest BCUT2D eigenvalue weighted by atomic mass is 32.1. The summed E-state index contributed by atoms with van der Waals surface area (Å²) >= 11 is 1.74. The van der Waals surface area contributed by atoms with Gasteiger partial charge < -0.3 is 0 Å². The summed E-state index contributed by atoms with van der Waals surface area (Å²) < 4.78 is 1.26. The number of thiophene rings is 1. The Balaban J connectivity index is 2.94. The highest BCUT2D eigenvalue weighted by Gasteiger charge is 2.02. The van der Waals surface area contributed by atoms with Gasteiger partial charge in [0.05, 0.1) is 10.9 Å². The molecule has 0 saturated carbocycles. The lowest BCUT2D eigenvalue weighted by Crippen LogP contribution is -1.83. The van der Waals surface area contributed by atoms with E-state index in [0.717, 1.165) is 5.52 Å². The molecule has 2 aromatic rings. The molecule has 0 aromatic carbocycles. The van der Waals surface area contributed by atoms with E-state index in [1.165, 1.54) is 15.8 Å². The maximum Gasteiger partial charge on any atom is 0.107 e. The lowest BCUT2D eigenvalue weighted by molar-refractivity contribution is 1.06. The number of fused-ring (bicyclic) bond motifs is 1. The maximum absolute atomic E-state index is 4.06. The normalized spacial score (nSPS) is 10.7. The van der Waals surface area contributed by atoms with Crippen LogP contribution < -0.4 is 0 Å². The van der Waals surface area contributed by atoms with Gasteiger partial charge >= 0.3 is 0 Å². The minimum Gasteiger partial charge on any atom is -0.158 e. The Morgan fingerprint density at radius 2 is 2.09 bits per heavy atom. The van der Waals surface area contributed by atoms with Crippen LogP contribution in [-0.2, 0) is 0 Å². The van der Waals surface area contributed by atoms with E-state index in [0.29, 0.717) is 0 Å². The van der Waals surface area contributed by atoms with Crippen molar-refractivity contribution in [2.75, 3.05) is 0 Å². The smallest absolute Gasteiger partial charge is 0.107 e. The summed E-state index contributed by atoms with van der Waals surface area (Å²) in [4.78, 5) is 0. The molecule has 0 aliphatic carbocycles. The van der Waals surface area contributed by atoms with E-state index in [1.807, 2.05) is 0 Å². The lowest BCUT2D eigenvalue weighted by Gasteiger charge is -1.91. The van der Waals surface area contributed by atoms with Crippen LogP contribution in [0.4, 0.5) is 0 Å². The number of rotatable bonds is 0. The molecule has 0 unspecified atom stereocenters. The van der Waals surface area contributed by atoms with Crippen molar-refractivity contribution in [1.29, 1.82) is 0 Å². The highest BCUT2D eigenvalue weighted by Crippen LogP contribution is 2.24. The zero-order chi connectivity index (χ0) is 7.84. The monoisotopic (exact) mass is 164 g/mol. The molecule has 0 amide bonds. The largest absolute Gasteiger partial charge is 0.158 e. The van der Waals surface area contributed by atoms with Crippen LogP contribution in [0.5, 0.6) is 0 Å². The third-order valence-corrected chi connectivity index (χ3v) is 2.93. The lowest BCUT2D eigenvalue weighted by atomic mass is 10.2. The van der Waals surface area contributed by atoms with Gasteiger partial charge in [0, 0.05) is 0 Å². The molecular weight excluding hydrogens is 156 g/mol. The molecule has 0 aliphatic rings. The van der Waals surface area contributed by atoms with Crippen molar-refractivity contribution in [1.82, 2.24) is 10.2 Å². The summed E-state index contributed by atoms with van der Waals surface area (Å²) in [7, 11) is 0. The van der Waals surface area contributed by atoms with Gasteiger partial charge in [-0.2, -0.15) is 5.10 Å². The number of aromatic nitrogens is 2. The average Bonchev–Trinajstić information content (AvgIpc) is 2.35. The topological polar surface area (TPSA) is 25.8 Å². The number of aryl methyl sites for hydroxylation is 2. The van der Waals surface area contributed by atoms with Gasteiger partial charge in [-0.1, -0.05) is 0 Å². The minimum atomic E-state index is 1.05. The fraction of sp³-hybridized carbons (Fsp3) is 0.250. The predicted octanol–water partition coefficient (Wildman–Crippen LogP) is 2.31. The van der Waals surface area contributed by atoms with E-state index in [9.17, 15) is 0 Å². The summed E-state index contributed by atoms with van der Waals surface area (Å²) in [5.74, 6) is 0. The third kappa shape index (κ3) is 0.922. The summed E-state index contributed by atoms with van der Waals surface area (Å²) in [6.45, 7) is 4.12. The van der Waals surface area contributed by atoms with Gasteiger partial charge in [-0.15, -0.1) is 16.4 Å². The van der Waals surface area contributed by atoms with E-state index in [4.69, 9.17) is 0 Å². The van der Waals surface area contributed by atoms with E-state index < -0.39 is 0 Å². The van der Waals surface area contributed by atoms with Crippen molar-refractivity contribution in [3.63, 3.8) is 0 Å². The first-order valence-electron chi connectivity index (χ1n) is 3.45. The number of nitrogens with zero attached hydrogens (tertiary/aromatic N) is 2. The second-order valence-corrected chi connectivity index (χ2v) is 3.50. The van der Waals surface area contributed by atoms with Crippen LogP contribution in [0.2, 0.25) is 0 Å². The van der Waals surface area contributed by atoms with Crippen LogP contribution in [-0.4, -0.2) is 10.2 Å².